The Kier molecular flexibility index (Phi) is 4.62. The van der Waals surface area contributed by atoms with Crippen LogP contribution in [0.3, 0.4) is 0 Å². The monoisotopic (exact) mass is 372 g/mol. The van der Waals surface area contributed by atoms with E-state index in [-0.39, 0.29) is 0 Å². The van der Waals surface area contributed by atoms with E-state index in [2.05, 4.69) is 55.6 Å². The molecule has 23 heavy (non-hydrogen) atoms. The molecule has 0 aliphatic heterocycles. The fourth-order valence-corrected chi connectivity index (χ4v) is 2.76. The van der Waals surface area contributed by atoms with Crippen LogP contribution < -0.4 is 10.6 Å². The summed E-state index contributed by atoms with van der Waals surface area (Å²) in [5.41, 5.74) is 2.16. The molecule has 2 heterocycles. The average Bonchev–Trinajstić information content (AvgIpc) is 3.01. The highest BCUT2D eigenvalue weighted by atomic mass is 79.9. The summed E-state index contributed by atoms with van der Waals surface area (Å²) in [6.45, 7) is 4.50. The van der Waals surface area contributed by atoms with E-state index in [0.717, 1.165) is 27.6 Å². The van der Waals surface area contributed by atoms with Gasteiger partial charge in [0.2, 0.25) is 0 Å². The molecule has 0 saturated heterocycles. The number of aryl methyl sites for hydroxylation is 2. The molecule has 0 spiro atoms. The standard InChI is InChI=1S/C17H17BrN4O/c1-11-5-6-15(14(18)8-11)22-17-9-16(20-12(2)21-17)19-10-13-4-3-7-23-13/h3-9H,10H2,1-2H3,(H2,19,20,21,22). The van der Waals surface area contributed by atoms with E-state index in [0.29, 0.717) is 12.4 Å². The molecule has 0 saturated carbocycles. The van der Waals surface area contributed by atoms with Gasteiger partial charge in [-0.05, 0) is 59.6 Å². The lowest BCUT2D eigenvalue weighted by molar-refractivity contribution is 0.518. The molecule has 0 radical (unpaired) electrons. The van der Waals surface area contributed by atoms with Gasteiger partial charge < -0.3 is 15.1 Å². The predicted octanol–water partition coefficient (Wildman–Crippen LogP) is 4.80. The Balaban J connectivity index is 1.77. The maximum Gasteiger partial charge on any atom is 0.136 e. The maximum absolute atomic E-state index is 5.31. The van der Waals surface area contributed by atoms with Crippen LogP contribution in [0.2, 0.25) is 0 Å². The predicted molar refractivity (Wildman–Crippen MR) is 95.0 cm³/mol. The van der Waals surface area contributed by atoms with Crippen molar-refractivity contribution < 1.29 is 4.42 Å². The molecule has 118 valence electrons. The summed E-state index contributed by atoms with van der Waals surface area (Å²) in [6.07, 6.45) is 1.66. The summed E-state index contributed by atoms with van der Waals surface area (Å²) in [4.78, 5) is 8.83. The molecule has 3 aromatic rings. The van der Waals surface area contributed by atoms with Gasteiger partial charge in [0.05, 0.1) is 18.5 Å². The molecule has 0 unspecified atom stereocenters. The van der Waals surface area contributed by atoms with Gasteiger partial charge in [-0.15, -0.1) is 0 Å². The van der Waals surface area contributed by atoms with Gasteiger partial charge in [-0.3, -0.25) is 0 Å². The van der Waals surface area contributed by atoms with Gasteiger partial charge in [0.25, 0.3) is 0 Å². The number of hydrogen-bond acceptors (Lipinski definition) is 5. The van der Waals surface area contributed by atoms with Crippen LogP contribution in [0, 0.1) is 13.8 Å². The van der Waals surface area contributed by atoms with Crippen LogP contribution in [0.4, 0.5) is 17.3 Å². The average molecular weight is 373 g/mol. The lowest BCUT2D eigenvalue weighted by atomic mass is 10.2. The molecule has 6 heteroatoms. The molecule has 5 nitrogen and oxygen atoms in total. The minimum Gasteiger partial charge on any atom is -0.467 e. The largest absolute Gasteiger partial charge is 0.467 e. The number of anilines is 3. The van der Waals surface area contributed by atoms with Crippen LogP contribution in [0.1, 0.15) is 17.1 Å². The van der Waals surface area contributed by atoms with Gasteiger partial charge in [0.15, 0.2) is 0 Å². The number of nitrogens with zero attached hydrogens (tertiary/aromatic N) is 2. The molecule has 0 bridgehead atoms. The van der Waals surface area contributed by atoms with E-state index in [9.17, 15) is 0 Å². The highest BCUT2D eigenvalue weighted by molar-refractivity contribution is 9.10. The van der Waals surface area contributed by atoms with Crippen molar-refractivity contribution in [3.63, 3.8) is 0 Å². The van der Waals surface area contributed by atoms with Crippen LogP contribution in [0.25, 0.3) is 0 Å². The van der Waals surface area contributed by atoms with Gasteiger partial charge in [0, 0.05) is 10.5 Å². The molecular weight excluding hydrogens is 356 g/mol. The van der Waals surface area contributed by atoms with Crippen molar-refractivity contribution in [1.29, 1.82) is 0 Å². The summed E-state index contributed by atoms with van der Waals surface area (Å²) < 4.78 is 6.31. The summed E-state index contributed by atoms with van der Waals surface area (Å²) in [6, 6.07) is 11.8. The third-order valence-corrected chi connectivity index (χ3v) is 3.91. The van der Waals surface area contributed by atoms with Crippen LogP contribution in [-0.4, -0.2) is 9.97 Å². The zero-order chi connectivity index (χ0) is 16.2. The molecule has 1 aromatic carbocycles. The van der Waals surface area contributed by atoms with Gasteiger partial charge in [-0.1, -0.05) is 6.07 Å². The Morgan fingerprint density at radius 2 is 1.91 bits per heavy atom. The minimum absolute atomic E-state index is 0.580. The number of halogens is 1. The molecule has 2 aromatic heterocycles. The molecule has 0 amide bonds. The SMILES string of the molecule is Cc1ccc(Nc2cc(NCc3ccco3)nc(C)n2)c(Br)c1. The van der Waals surface area contributed by atoms with Gasteiger partial charge in [-0.2, -0.15) is 0 Å². The smallest absolute Gasteiger partial charge is 0.136 e. The molecule has 0 atom stereocenters. The van der Waals surface area contributed by atoms with Crippen molar-refractivity contribution in [3.8, 4) is 0 Å². The minimum atomic E-state index is 0.580. The van der Waals surface area contributed by atoms with E-state index in [1.165, 1.54) is 5.56 Å². The van der Waals surface area contributed by atoms with Crippen LogP contribution in [0.5, 0.6) is 0 Å². The van der Waals surface area contributed by atoms with E-state index in [1.807, 2.05) is 31.2 Å². The van der Waals surface area contributed by atoms with Crippen LogP contribution in [0.15, 0.2) is 51.6 Å². The van der Waals surface area contributed by atoms with E-state index in [1.54, 1.807) is 6.26 Å². The number of benzene rings is 1. The van der Waals surface area contributed by atoms with Crippen molar-refractivity contribution >= 4 is 33.3 Å². The van der Waals surface area contributed by atoms with Crippen molar-refractivity contribution in [1.82, 2.24) is 9.97 Å². The summed E-state index contributed by atoms with van der Waals surface area (Å²) >= 11 is 3.56. The zero-order valence-electron chi connectivity index (χ0n) is 12.9. The summed E-state index contributed by atoms with van der Waals surface area (Å²) in [7, 11) is 0. The fraction of sp³-hybridized carbons (Fsp3) is 0.176. The van der Waals surface area contributed by atoms with Crippen LogP contribution in [-0.2, 0) is 6.54 Å². The van der Waals surface area contributed by atoms with Gasteiger partial charge in [-0.25, -0.2) is 9.97 Å². The second-order valence-corrected chi connectivity index (χ2v) is 6.08. The lowest BCUT2D eigenvalue weighted by Gasteiger charge is -2.11. The van der Waals surface area contributed by atoms with Gasteiger partial charge in [0.1, 0.15) is 23.2 Å². The zero-order valence-corrected chi connectivity index (χ0v) is 14.5. The first-order chi connectivity index (χ1) is 11.1. The van der Waals surface area contributed by atoms with E-state index in [4.69, 9.17) is 4.42 Å². The van der Waals surface area contributed by atoms with E-state index >= 15 is 0 Å². The Labute approximate surface area is 143 Å². The van der Waals surface area contributed by atoms with Crippen molar-refractivity contribution in [3.05, 3.63) is 64.3 Å². The van der Waals surface area contributed by atoms with Gasteiger partial charge >= 0.3 is 0 Å². The molecule has 2 N–H and O–H groups in total. The number of rotatable bonds is 5. The van der Waals surface area contributed by atoms with E-state index < -0.39 is 0 Å². The quantitative estimate of drug-likeness (QED) is 0.672. The van der Waals surface area contributed by atoms with Crippen molar-refractivity contribution in [2.24, 2.45) is 0 Å². The number of hydrogen-bond donors (Lipinski definition) is 2. The number of furan rings is 1. The molecule has 3 rings (SSSR count). The second-order valence-electron chi connectivity index (χ2n) is 5.23. The topological polar surface area (TPSA) is 63.0 Å². The molecule has 0 aliphatic rings. The molecule has 0 fully saturated rings. The number of nitrogens with one attached hydrogen (secondary N) is 2. The molecule has 0 aliphatic carbocycles. The Hall–Kier alpha value is -2.34. The maximum atomic E-state index is 5.31. The van der Waals surface area contributed by atoms with Crippen LogP contribution >= 0.6 is 15.9 Å². The molecular formula is C17H17BrN4O. The Bertz CT molecular complexity index is 802. The first-order valence-corrected chi connectivity index (χ1v) is 8.04. The highest BCUT2D eigenvalue weighted by Gasteiger charge is 2.06. The second kappa shape index (κ2) is 6.83. The Morgan fingerprint density at radius 3 is 2.65 bits per heavy atom. The lowest BCUT2D eigenvalue weighted by Crippen LogP contribution is -2.04. The first-order valence-electron chi connectivity index (χ1n) is 7.25. The third-order valence-electron chi connectivity index (χ3n) is 3.25. The first kappa shape index (κ1) is 15.6. The number of aromatic nitrogens is 2. The third kappa shape index (κ3) is 4.10. The summed E-state index contributed by atoms with van der Waals surface area (Å²) in [5, 5.41) is 6.55. The fourth-order valence-electron chi connectivity index (χ4n) is 2.17. The highest BCUT2D eigenvalue weighted by Crippen LogP contribution is 2.26. The summed E-state index contributed by atoms with van der Waals surface area (Å²) in [5.74, 6) is 3.04. The Morgan fingerprint density at radius 1 is 1.09 bits per heavy atom. The van der Waals surface area contributed by atoms with Crippen molar-refractivity contribution in [2.45, 2.75) is 20.4 Å². The van der Waals surface area contributed by atoms with Crippen molar-refractivity contribution in [2.75, 3.05) is 10.6 Å². The normalized spacial score (nSPS) is 10.6.